The molecule has 1 rings (SSSR count). The van der Waals surface area contributed by atoms with E-state index in [2.05, 4.69) is 31.1 Å². The first-order valence-corrected chi connectivity index (χ1v) is 10.4. The minimum atomic E-state index is -3.21. The van der Waals surface area contributed by atoms with Crippen LogP contribution in [0.1, 0.15) is 52.9 Å². The maximum atomic E-state index is 12.2. The monoisotopic (exact) mass is 347 g/mol. The summed E-state index contributed by atoms with van der Waals surface area (Å²) in [5, 5.41) is 3.16. The zero-order valence-corrected chi connectivity index (χ0v) is 15.8. The molecule has 0 spiro atoms. The molecule has 1 heterocycles. The van der Waals surface area contributed by atoms with Gasteiger partial charge in [-0.15, -0.1) is 0 Å². The van der Waals surface area contributed by atoms with Crippen LogP contribution in [0, 0.1) is 5.92 Å². The highest BCUT2D eigenvalue weighted by atomic mass is 32.2. The van der Waals surface area contributed by atoms with Crippen LogP contribution in [-0.2, 0) is 14.6 Å². The van der Waals surface area contributed by atoms with Crippen molar-refractivity contribution in [3.63, 3.8) is 0 Å². The summed E-state index contributed by atoms with van der Waals surface area (Å²) in [5.41, 5.74) is 5.94. The Bertz CT molecular complexity index is 483. The highest BCUT2D eigenvalue weighted by Gasteiger charge is 2.42. The molecular weight excluding hydrogens is 314 g/mol. The van der Waals surface area contributed by atoms with Gasteiger partial charge in [-0.25, -0.2) is 8.42 Å². The Labute approximate surface area is 141 Å². The maximum Gasteiger partial charge on any atom is 0.188 e. The van der Waals surface area contributed by atoms with Gasteiger partial charge in [-0.3, -0.25) is 4.99 Å². The second-order valence-electron chi connectivity index (χ2n) is 7.14. The first-order chi connectivity index (χ1) is 10.7. The standard InChI is InChI=1S/C16H33N3O3S/c1-13(2)6-5-7-14(3)19-15(17)18-12-16(23(4,20)21)8-10-22-11-9-16/h13-14H,5-12H2,1-4H3,(H3,17,18,19). The SMILES string of the molecule is CC(C)CCCC(C)NC(N)=NCC1(S(C)(=O)=O)CCOCC1. The number of hydrogen-bond donors (Lipinski definition) is 2. The normalized spacial score (nSPS) is 20.5. The Balaban J connectivity index is 2.56. The number of nitrogens with one attached hydrogen (secondary N) is 1. The molecule has 0 aromatic carbocycles. The lowest BCUT2D eigenvalue weighted by Crippen LogP contribution is -2.47. The summed E-state index contributed by atoms with van der Waals surface area (Å²) in [6, 6.07) is 0.237. The molecule has 0 amide bonds. The third-order valence-corrected chi connectivity index (χ3v) is 6.65. The van der Waals surface area contributed by atoms with Gasteiger partial charge in [-0.1, -0.05) is 26.7 Å². The van der Waals surface area contributed by atoms with Crippen molar-refractivity contribution in [2.75, 3.05) is 26.0 Å². The summed E-state index contributed by atoms with van der Waals surface area (Å²) in [7, 11) is -3.21. The van der Waals surface area contributed by atoms with Crippen LogP contribution in [0.25, 0.3) is 0 Å². The highest BCUT2D eigenvalue weighted by molar-refractivity contribution is 7.92. The van der Waals surface area contributed by atoms with Crippen molar-refractivity contribution in [1.82, 2.24) is 5.32 Å². The number of ether oxygens (including phenoxy) is 1. The summed E-state index contributed by atoms with van der Waals surface area (Å²) in [5.74, 6) is 1.04. The summed E-state index contributed by atoms with van der Waals surface area (Å²) in [6.07, 6.45) is 5.61. The van der Waals surface area contributed by atoms with Crippen molar-refractivity contribution in [1.29, 1.82) is 0 Å². The largest absolute Gasteiger partial charge is 0.381 e. The van der Waals surface area contributed by atoms with Gasteiger partial charge in [0.2, 0.25) is 0 Å². The molecule has 7 heteroatoms. The smallest absolute Gasteiger partial charge is 0.188 e. The molecule has 0 aromatic heterocycles. The molecule has 1 unspecified atom stereocenters. The molecule has 1 aliphatic heterocycles. The van der Waals surface area contributed by atoms with E-state index >= 15 is 0 Å². The zero-order chi connectivity index (χ0) is 17.5. The Morgan fingerprint density at radius 2 is 1.87 bits per heavy atom. The Morgan fingerprint density at radius 1 is 1.26 bits per heavy atom. The fraction of sp³-hybridized carbons (Fsp3) is 0.938. The number of rotatable bonds is 8. The number of aliphatic imine (C=N–C) groups is 1. The van der Waals surface area contributed by atoms with Gasteiger partial charge in [-0.2, -0.15) is 0 Å². The molecule has 0 bridgehead atoms. The average Bonchev–Trinajstić information content (AvgIpc) is 2.44. The molecule has 0 aromatic rings. The highest BCUT2D eigenvalue weighted by Crippen LogP contribution is 2.29. The van der Waals surface area contributed by atoms with Crippen LogP contribution in [0.5, 0.6) is 0 Å². The molecule has 1 aliphatic rings. The van der Waals surface area contributed by atoms with Crippen LogP contribution in [0.3, 0.4) is 0 Å². The van der Waals surface area contributed by atoms with E-state index in [0.717, 1.165) is 12.8 Å². The number of hydrogen-bond acceptors (Lipinski definition) is 4. The van der Waals surface area contributed by atoms with E-state index in [1.165, 1.54) is 12.7 Å². The predicted octanol–water partition coefficient (Wildman–Crippen LogP) is 1.70. The summed E-state index contributed by atoms with van der Waals surface area (Å²) in [6.45, 7) is 7.62. The van der Waals surface area contributed by atoms with Crippen molar-refractivity contribution >= 4 is 15.8 Å². The van der Waals surface area contributed by atoms with E-state index in [0.29, 0.717) is 37.9 Å². The van der Waals surface area contributed by atoms with Gasteiger partial charge in [0.1, 0.15) is 0 Å². The van der Waals surface area contributed by atoms with Crippen molar-refractivity contribution in [2.45, 2.75) is 63.7 Å². The van der Waals surface area contributed by atoms with E-state index in [9.17, 15) is 8.42 Å². The van der Waals surface area contributed by atoms with Gasteiger partial charge < -0.3 is 15.8 Å². The molecule has 136 valence electrons. The lowest BCUT2D eigenvalue weighted by atomic mass is 9.99. The van der Waals surface area contributed by atoms with Crippen LogP contribution >= 0.6 is 0 Å². The molecule has 1 atom stereocenters. The average molecular weight is 348 g/mol. The second kappa shape index (κ2) is 8.87. The first-order valence-electron chi connectivity index (χ1n) is 8.50. The molecule has 1 fully saturated rings. The fourth-order valence-electron chi connectivity index (χ4n) is 2.82. The van der Waals surface area contributed by atoms with E-state index in [1.807, 2.05) is 0 Å². The van der Waals surface area contributed by atoms with Gasteiger partial charge in [0.05, 0.1) is 11.3 Å². The van der Waals surface area contributed by atoms with E-state index < -0.39 is 14.6 Å². The number of nitrogens with zero attached hydrogens (tertiary/aromatic N) is 1. The second-order valence-corrected chi connectivity index (χ2v) is 9.55. The van der Waals surface area contributed by atoms with E-state index in [-0.39, 0.29) is 12.6 Å². The first kappa shape index (κ1) is 20.2. The van der Waals surface area contributed by atoms with Gasteiger partial charge >= 0.3 is 0 Å². The van der Waals surface area contributed by atoms with Gasteiger partial charge in [-0.05, 0) is 32.1 Å². The number of sulfone groups is 1. The number of guanidine groups is 1. The molecule has 0 saturated carbocycles. The fourth-order valence-corrected chi connectivity index (χ4v) is 4.03. The van der Waals surface area contributed by atoms with Crippen LogP contribution < -0.4 is 11.1 Å². The number of nitrogens with two attached hydrogens (primary N) is 1. The minimum absolute atomic E-state index is 0.201. The van der Waals surface area contributed by atoms with E-state index in [4.69, 9.17) is 10.5 Å². The molecule has 0 aliphatic carbocycles. The van der Waals surface area contributed by atoms with Crippen LogP contribution in [0.4, 0.5) is 0 Å². The molecule has 3 N–H and O–H groups in total. The maximum absolute atomic E-state index is 12.2. The summed E-state index contributed by atoms with van der Waals surface area (Å²) < 4.78 is 28.8. The molecule has 0 radical (unpaired) electrons. The summed E-state index contributed by atoms with van der Waals surface area (Å²) in [4.78, 5) is 4.32. The zero-order valence-electron chi connectivity index (χ0n) is 15.0. The van der Waals surface area contributed by atoms with E-state index in [1.54, 1.807) is 0 Å². The summed E-state index contributed by atoms with van der Waals surface area (Å²) >= 11 is 0. The third kappa shape index (κ3) is 6.67. The van der Waals surface area contributed by atoms with Crippen molar-refractivity contribution in [3.8, 4) is 0 Å². The van der Waals surface area contributed by atoms with Crippen LogP contribution in [0.15, 0.2) is 4.99 Å². The van der Waals surface area contributed by atoms with Crippen molar-refractivity contribution in [3.05, 3.63) is 0 Å². The molecule has 6 nitrogen and oxygen atoms in total. The van der Waals surface area contributed by atoms with Gasteiger partial charge in [0.15, 0.2) is 15.8 Å². The molecular formula is C16H33N3O3S. The Kier molecular flexibility index (Phi) is 7.80. The van der Waals surface area contributed by atoms with Gasteiger partial charge in [0, 0.05) is 25.5 Å². The lowest BCUT2D eigenvalue weighted by molar-refractivity contribution is 0.0768. The Morgan fingerprint density at radius 3 is 2.39 bits per heavy atom. The topological polar surface area (TPSA) is 93.8 Å². The van der Waals surface area contributed by atoms with Crippen LogP contribution in [-0.4, -0.2) is 51.2 Å². The van der Waals surface area contributed by atoms with Crippen molar-refractivity contribution in [2.24, 2.45) is 16.6 Å². The Hall–Kier alpha value is -0.820. The predicted molar refractivity (Wildman–Crippen MR) is 95.4 cm³/mol. The van der Waals surface area contributed by atoms with Crippen LogP contribution in [0.2, 0.25) is 0 Å². The van der Waals surface area contributed by atoms with Gasteiger partial charge in [0.25, 0.3) is 0 Å². The van der Waals surface area contributed by atoms with Crippen molar-refractivity contribution < 1.29 is 13.2 Å². The molecule has 1 saturated heterocycles. The minimum Gasteiger partial charge on any atom is -0.381 e. The lowest BCUT2D eigenvalue weighted by Gasteiger charge is -2.34. The molecule has 23 heavy (non-hydrogen) atoms. The quantitative estimate of drug-likeness (QED) is 0.515. The third-order valence-electron chi connectivity index (χ3n) is 4.54.